The van der Waals surface area contributed by atoms with Gasteiger partial charge >= 0.3 is 0 Å². The molecule has 24 heavy (non-hydrogen) atoms. The second kappa shape index (κ2) is 13.9. The summed E-state index contributed by atoms with van der Waals surface area (Å²) in [4.78, 5) is 43.1. The largest absolute Gasteiger partial charge is 0.359 e. The molecule has 0 saturated heterocycles. The molecule has 4 N–H and O–H groups in total. The number of halogens is 1. The third-order valence-corrected chi connectivity index (χ3v) is 4.03. The highest BCUT2D eigenvalue weighted by Crippen LogP contribution is 2.29. The zero-order chi connectivity index (χ0) is 17.8. The summed E-state index contributed by atoms with van der Waals surface area (Å²) >= 11 is 0. The number of carbonyl (C=O) groups excluding carboxylic acids is 4. The highest BCUT2D eigenvalue weighted by atomic mass is 35.5. The van der Waals surface area contributed by atoms with Crippen LogP contribution < -0.4 is 16.6 Å². The molecule has 1 rings (SSSR count). The molecule has 1 fully saturated rings. The van der Waals surface area contributed by atoms with Crippen LogP contribution in [0.15, 0.2) is 0 Å². The van der Waals surface area contributed by atoms with E-state index in [1.54, 1.807) is 14.0 Å². The van der Waals surface area contributed by atoms with Gasteiger partial charge < -0.3 is 10.1 Å². The maximum atomic E-state index is 11.1. The lowest BCUT2D eigenvalue weighted by atomic mass is 9.80. The molecule has 0 radical (unpaired) electrons. The minimum Gasteiger partial charge on any atom is -0.359 e. The molecule has 0 aromatic carbocycles. The Kier molecular flexibility index (Phi) is 14.4. The van der Waals surface area contributed by atoms with E-state index in [2.05, 4.69) is 10.7 Å². The number of hydrogen-bond acceptors (Lipinski definition) is 5. The van der Waals surface area contributed by atoms with Crippen molar-refractivity contribution in [2.75, 3.05) is 7.05 Å². The van der Waals surface area contributed by atoms with Gasteiger partial charge in [0.2, 0.25) is 11.8 Å². The Morgan fingerprint density at radius 2 is 1.46 bits per heavy atom. The third kappa shape index (κ3) is 11.1. The predicted octanol–water partition coefficient (Wildman–Crippen LogP) is 1.29. The topological polar surface area (TPSA) is 118 Å². The Hall–Kier alpha value is -1.47. The van der Waals surface area contributed by atoms with Crippen LogP contribution in [0, 0.1) is 11.8 Å². The molecule has 1 aliphatic carbocycles. The lowest BCUT2D eigenvalue weighted by Gasteiger charge is -2.25. The Morgan fingerprint density at radius 1 is 0.958 bits per heavy atom. The number of ketones is 2. The van der Waals surface area contributed by atoms with Gasteiger partial charge in [-0.25, -0.2) is 5.84 Å². The second-order valence-corrected chi connectivity index (χ2v) is 5.90. The summed E-state index contributed by atoms with van der Waals surface area (Å²) < 4.78 is 0. The van der Waals surface area contributed by atoms with Crippen LogP contribution in [-0.2, 0) is 19.2 Å². The smallest absolute Gasteiger partial charge is 0.236 e. The standard InChI is InChI=1S/C9H16N2O2.C7H13NO2.ClH/c1-6(12)7-2-4-8(5-3-7)9(13)11-10;1-6(9)4-3-5-7(10)8-2;/h7-8H,2-5,10H2,1H3,(H,11,13);3-5H2,1-2H3,(H,8,10);1H. The van der Waals surface area contributed by atoms with Gasteiger partial charge in [0.1, 0.15) is 11.6 Å². The summed E-state index contributed by atoms with van der Waals surface area (Å²) in [6, 6.07) is 0. The van der Waals surface area contributed by atoms with E-state index < -0.39 is 0 Å². The first-order valence-electron chi connectivity index (χ1n) is 8.02. The molecule has 0 bridgehead atoms. The Balaban J connectivity index is 0. The molecule has 7 nitrogen and oxygen atoms in total. The first-order chi connectivity index (χ1) is 10.8. The van der Waals surface area contributed by atoms with E-state index in [4.69, 9.17) is 5.84 Å². The molecule has 0 spiro atoms. The van der Waals surface area contributed by atoms with Crippen molar-refractivity contribution in [2.24, 2.45) is 17.7 Å². The first-order valence-corrected chi connectivity index (χ1v) is 8.02. The Labute approximate surface area is 149 Å². The number of nitrogens with two attached hydrogens (primary N) is 1. The van der Waals surface area contributed by atoms with Gasteiger partial charge in [0.15, 0.2) is 0 Å². The number of amides is 2. The van der Waals surface area contributed by atoms with Gasteiger partial charge in [-0.3, -0.25) is 19.8 Å². The van der Waals surface area contributed by atoms with Crippen molar-refractivity contribution in [3.63, 3.8) is 0 Å². The summed E-state index contributed by atoms with van der Waals surface area (Å²) in [7, 11) is 1.59. The quantitative estimate of drug-likeness (QED) is 0.373. The van der Waals surface area contributed by atoms with Crippen LogP contribution in [0.2, 0.25) is 0 Å². The average molecular weight is 364 g/mol. The number of hydrogen-bond donors (Lipinski definition) is 3. The van der Waals surface area contributed by atoms with Crippen LogP contribution in [0.25, 0.3) is 0 Å². The molecule has 0 aliphatic heterocycles. The lowest BCUT2D eigenvalue weighted by molar-refractivity contribution is -0.128. The van der Waals surface area contributed by atoms with Crippen molar-refractivity contribution in [1.82, 2.24) is 10.7 Å². The normalized spacial score (nSPS) is 19.0. The van der Waals surface area contributed by atoms with E-state index in [0.717, 1.165) is 25.7 Å². The van der Waals surface area contributed by atoms with E-state index in [1.165, 1.54) is 6.92 Å². The minimum absolute atomic E-state index is 0. The average Bonchev–Trinajstić information content (AvgIpc) is 2.54. The van der Waals surface area contributed by atoms with Crippen molar-refractivity contribution in [1.29, 1.82) is 0 Å². The molecule has 0 aromatic rings. The maximum absolute atomic E-state index is 11.1. The van der Waals surface area contributed by atoms with Crippen molar-refractivity contribution >= 4 is 35.8 Å². The van der Waals surface area contributed by atoms with Crippen molar-refractivity contribution in [3.8, 4) is 0 Å². The SMILES string of the molecule is CC(=O)C1CCC(C(=O)NN)CC1.CNC(=O)CCCC(C)=O.Cl. The van der Waals surface area contributed by atoms with Crippen LogP contribution in [0.3, 0.4) is 0 Å². The summed E-state index contributed by atoms with van der Waals surface area (Å²) in [5.74, 6) is 5.50. The van der Waals surface area contributed by atoms with E-state index in [-0.39, 0.29) is 47.6 Å². The zero-order valence-corrected chi connectivity index (χ0v) is 15.5. The first kappa shape index (κ1) is 24.8. The number of nitrogens with one attached hydrogen (secondary N) is 2. The number of Topliss-reactive ketones (excluding diaryl/α,β-unsaturated/α-hetero) is 2. The second-order valence-electron chi connectivity index (χ2n) is 5.90. The zero-order valence-electron chi connectivity index (χ0n) is 14.7. The molecule has 0 heterocycles. The molecular formula is C16H30ClN3O4. The molecule has 2 amide bonds. The van der Waals surface area contributed by atoms with Crippen molar-refractivity contribution in [2.45, 2.75) is 58.8 Å². The van der Waals surface area contributed by atoms with E-state index >= 15 is 0 Å². The van der Waals surface area contributed by atoms with Gasteiger partial charge in [-0.1, -0.05) is 0 Å². The van der Waals surface area contributed by atoms with Crippen LogP contribution in [-0.4, -0.2) is 30.4 Å². The molecular weight excluding hydrogens is 334 g/mol. The summed E-state index contributed by atoms with van der Waals surface area (Å²) in [6.45, 7) is 3.15. The maximum Gasteiger partial charge on any atom is 0.236 e. The molecule has 1 saturated carbocycles. The van der Waals surface area contributed by atoms with Gasteiger partial charge in [0.05, 0.1) is 0 Å². The van der Waals surface area contributed by atoms with E-state index in [9.17, 15) is 19.2 Å². The highest BCUT2D eigenvalue weighted by Gasteiger charge is 2.27. The summed E-state index contributed by atoms with van der Waals surface area (Å²) in [5.41, 5.74) is 2.15. The predicted molar refractivity (Wildman–Crippen MR) is 94.3 cm³/mol. The van der Waals surface area contributed by atoms with Gasteiger partial charge in [0.25, 0.3) is 0 Å². The third-order valence-electron chi connectivity index (χ3n) is 4.03. The molecule has 0 atom stereocenters. The Morgan fingerprint density at radius 3 is 1.83 bits per heavy atom. The van der Waals surface area contributed by atoms with Crippen LogP contribution in [0.4, 0.5) is 0 Å². The minimum atomic E-state index is -0.0954. The molecule has 0 aromatic heterocycles. The number of hydrazine groups is 1. The lowest BCUT2D eigenvalue weighted by Crippen LogP contribution is -2.38. The van der Waals surface area contributed by atoms with Crippen LogP contribution in [0.5, 0.6) is 0 Å². The molecule has 1 aliphatic rings. The fourth-order valence-corrected chi connectivity index (χ4v) is 2.50. The van der Waals surface area contributed by atoms with Crippen molar-refractivity contribution in [3.05, 3.63) is 0 Å². The van der Waals surface area contributed by atoms with Crippen molar-refractivity contribution < 1.29 is 19.2 Å². The van der Waals surface area contributed by atoms with Crippen LogP contribution in [0.1, 0.15) is 58.8 Å². The number of rotatable bonds is 6. The van der Waals surface area contributed by atoms with Gasteiger partial charge in [-0.2, -0.15) is 0 Å². The monoisotopic (exact) mass is 363 g/mol. The highest BCUT2D eigenvalue weighted by molar-refractivity contribution is 5.85. The molecule has 0 unspecified atom stereocenters. The van der Waals surface area contributed by atoms with Gasteiger partial charge in [0, 0.05) is 31.7 Å². The Bertz CT molecular complexity index is 422. The number of carbonyl (C=O) groups is 4. The fourth-order valence-electron chi connectivity index (χ4n) is 2.50. The molecule has 8 heteroatoms. The van der Waals surface area contributed by atoms with E-state index in [0.29, 0.717) is 19.3 Å². The molecule has 140 valence electrons. The summed E-state index contributed by atoms with van der Waals surface area (Å²) in [6.07, 6.45) is 4.85. The van der Waals surface area contributed by atoms with Crippen LogP contribution >= 0.6 is 12.4 Å². The van der Waals surface area contributed by atoms with Gasteiger partial charge in [-0.05, 0) is 46.0 Å². The fraction of sp³-hybridized carbons (Fsp3) is 0.750. The van der Waals surface area contributed by atoms with E-state index in [1.807, 2.05) is 0 Å². The van der Waals surface area contributed by atoms with Gasteiger partial charge in [-0.15, -0.1) is 12.4 Å². The summed E-state index contributed by atoms with van der Waals surface area (Å²) in [5, 5.41) is 2.49.